The maximum absolute atomic E-state index is 12.8. The Balaban J connectivity index is 1.68. The second-order valence-corrected chi connectivity index (χ2v) is 11.6. The molecule has 176 valence electrons. The summed E-state index contributed by atoms with van der Waals surface area (Å²) in [5.41, 5.74) is 4.89. The third kappa shape index (κ3) is 5.88. The topological polar surface area (TPSA) is 85.4 Å². The summed E-state index contributed by atoms with van der Waals surface area (Å²) in [5, 5.41) is 2.86. The van der Waals surface area contributed by atoms with E-state index in [9.17, 15) is 13.2 Å². The number of hydrogen-bond acceptors (Lipinski definition) is 6. The lowest BCUT2D eigenvalue weighted by Crippen LogP contribution is -2.26. The molecule has 0 radical (unpaired) electrons. The van der Waals surface area contributed by atoms with Crippen molar-refractivity contribution in [3.8, 4) is 10.6 Å². The number of benzene rings is 2. The summed E-state index contributed by atoms with van der Waals surface area (Å²) in [6, 6.07) is 11.3. The van der Waals surface area contributed by atoms with Gasteiger partial charge in [0.25, 0.3) is 0 Å². The highest BCUT2D eigenvalue weighted by molar-refractivity contribution is 7.89. The van der Waals surface area contributed by atoms with Gasteiger partial charge in [-0.25, -0.2) is 22.9 Å². The number of sulfonamides is 1. The molecule has 6 nitrogen and oxygen atoms in total. The lowest BCUT2D eigenvalue weighted by Gasteiger charge is -2.18. The van der Waals surface area contributed by atoms with Gasteiger partial charge in [-0.2, -0.15) is 0 Å². The Morgan fingerprint density at radius 3 is 2.39 bits per heavy atom. The molecular formula is C25H30N2O4S2. The van der Waals surface area contributed by atoms with Gasteiger partial charge in [-0.05, 0) is 48.1 Å². The summed E-state index contributed by atoms with van der Waals surface area (Å²) < 4.78 is 33.0. The molecule has 0 bridgehead atoms. The van der Waals surface area contributed by atoms with Crippen LogP contribution < -0.4 is 4.72 Å². The average molecular weight is 487 g/mol. The van der Waals surface area contributed by atoms with Crippen LogP contribution in [0.1, 0.15) is 53.5 Å². The SMILES string of the molecule is COC(=O)c1cc(S(=O)(=O)NCCc2csc(-c3ccc(C(C)(C)C)cc3)n2)cc(C)c1C. The lowest BCUT2D eigenvalue weighted by molar-refractivity contribution is 0.0599. The maximum Gasteiger partial charge on any atom is 0.338 e. The molecule has 1 aromatic heterocycles. The normalized spacial score (nSPS) is 12.1. The molecule has 0 amide bonds. The molecule has 33 heavy (non-hydrogen) atoms. The van der Waals surface area contributed by atoms with E-state index in [4.69, 9.17) is 4.74 Å². The molecule has 3 rings (SSSR count). The quantitative estimate of drug-likeness (QED) is 0.473. The predicted molar refractivity (Wildman–Crippen MR) is 132 cm³/mol. The van der Waals surface area contributed by atoms with Crippen LogP contribution >= 0.6 is 11.3 Å². The average Bonchev–Trinajstić information content (AvgIpc) is 3.23. The van der Waals surface area contributed by atoms with Gasteiger partial charge in [0.1, 0.15) is 5.01 Å². The minimum Gasteiger partial charge on any atom is -0.465 e. The molecule has 0 aliphatic carbocycles. The van der Waals surface area contributed by atoms with Crippen molar-refractivity contribution >= 4 is 27.3 Å². The Morgan fingerprint density at radius 2 is 1.79 bits per heavy atom. The van der Waals surface area contributed by atoms with Gasteiger partial charge in [-0.1, -0.05) is 45.0 Å². The van der Waals surface area contributed by atoms with Crippen LogP contribution in [0.25, 0.3) is 10.6 Å². The molecule has 1 heterocycles. The number of carbonyl (C=O) groups is 1. The number of ether oxygens (including phenoxy) is 1. The Morgan fingerprint density at radius 1 is 1.12 bits per heavy atom. The second-order valence-electron chi connectivity index (χ2n) is 9.02. The van der Waals surface area contributed by atoms with Crippen molar-refractivity contribution in [2.45, 2.75) is 51.3 Å². The van der Waals surface area contributed by atoms with E-state index in [0.717, 1.165) is 16.3 Å². The number of aryl methyl sites for hydroxylation is 1. The molecule has 0 spiro atoms. The number of methoxy groups -OCH3 is 1. The van der Waals surface area contributed by atoms with Crippen molar-refractivity contribution in [1.82, 2.24) is 9.71 Å². The molecule has 1 N–H and O–H groups in total. The van der Waals surface area contributed by atoms with Gasteiger partial charge in [0, 0.05) is 23.9 Å². The number of rotatable bonds is 7. The van der Waals surface area contributed by atoms with Crippen molar-refractivity contribution in [3.05, 3.63) is 69.7 Å². The van der Waals surface area contributed by atoms with Gasteiger partial charge in [0.2, 0.25) is 10.0 Å². The largest absolute Gasteiger partial charge is 0.465 e. The van der Waals surface area contributed by atoms with Crippen LogP contribution in [0.3, 0.4) is 0 Å². The minimum absolute atomic E-state index is 0.0453. The van der Waals surface area contributed by atoms with Crippen molar-refractivity contribution in [1.29, 1.82) is 0 Å². The monoisotopic (exact) mass is 486 g/mol. The van der Waals surface area contributed by atoms with E-state index in [2.05, 4.69) is 54.7 Å². The maximum atomic E-state index is 12.8. The highest BCUT2D eigenvalue weighted by Crippen LogP contribution is 2.28. The Kier molecular flexibility index (Phi) is 7.41. The molecule has 0 unspecified atom stereocenters. The standard InChI is InChI=1S/C25H30N2O4S2/c1-16-13-21(14-22(17(16)2)24(28)31-6)33(29,30)26-12-11-20-15-32-23(27-20)18-7-9-19(10-8-18)25(3,4)5/h7-10,13-15,26H,11-12H2,1-6H3. The van der Waals surface area contributed by atoms with Crippen LogP contribution in [0.15, 0.2) is 46.7 Å². The third-order valence-corrected chi connectivity index (χ3v) is 7.96. The van der Waals surface area contributed by atoms with Crippen molar-refractivity contribution < 1.29 is 17.9 Å². The molecule has 0 saturated carbocycles. The summed E-state index contributed by atoms with van der Waals surface area (Å²) in [5.74, 6) is -0.557. The van der Waals surface area contributed by atoms with Crippen LogP contribution in [-0.2, 0) is 26.6 Å². The highest BCUT2D eigenvalue weighted by atomic mass is 32.2. The fourth-order valence-corrected chi connectivity index (χ4v) is 5.37. The van der Waals surface area contributed by atoms with Crippen LogP contribution in [-0.4, -0.2) is 33.0 Å². The van der Waals surface area contributed by atoms with Crippen LogP contribution in [0.4, 0.5) is 0 Å². The van der Waals surface area contributed by atoms with Gasteiger partial charge < -0.3 is 4.74 Å². The Hall–Kier alpha value is -2.55. The molecule has 0 saturated heterocycles. The fourth-order valence-electron chi connectivity index (χ4n) is 3.37. The number of aromatic nitrogens is 1. The van der Waals surface area contributed by atoms with Gasteiger partial charge in [0.15, 0.2) is 0 Å². The van der Waals surface area contributed by atoms with Crippen molar-refractivity contribution in [2.24, 2.45) is 0 Å². The number of carbonyl (C=O) groups excluding carboxylic acids is 1. The van der Waals surface area contributed by atoms with E-state index in [1.807, 2.05) is 5.38 Å². The first-order valence-electron chi connectivity index (χ1n) is 10.7. The molecule has 3 aromatic rings. The number of thiazole rings is 1. The molecule has 2 aromatic carbocycles. The molecule has 0 aliphatic heterocycles. The smallest absolute Gasteiger partial charge is 0.338 e. The fraction of sp³-hybridized carbons (Fsp3) is 0.360. The van der Waals surface area contributed by atoms with Gasteiger partial charge in [0.05, 0.1) is 23.3 Å². The van der Waals surface area contributed by atoms with Gasteiger partial charge >= 0.3 is 5.97 Å². The Bertz CT molecular complexity index is 1250. The summed E-state index contributed by atoms with van der Waals surface area (Å²) in [6.45, 7) is 10.3. The zero-order valence-electron chi connectivity index (χ0n) is 19.9. The van der Waals surface area contributed by atoms with Gasteiger partial charge in [-0.3, -0.25) is 0 Å². The van der Waals surface area contributed by atoms with Crippen LogP contribution in [0.2, 0.25) is 0 Å². The molecule has 0 atom stereocenters. The van der Waals surface area contributed by atoms with Crippen LogP contribution in [0.5, 0.6) is 0 Å². The van der Waals surface area contributed by atoms with E-state index in [-0.39, 0.29) is 22.4 Å². The lowest BCUT2D eigenvalue weighted by atomic mass is 9.87. The number of nitrogens with one attached hydrogen (secondary N) is 1. The van der Waals surface area contributed by atoms with Crippen molar-refractivity contribution in [2.75, 3.05) is 13.7 Å². The summed E-state index contributed by atoms with van der Waals surface area (Å²) in [6.07, 6.45) is 0.463. The first kappa shape index (κ1) is 25.1. The first-order chi connectivity index (χ1) is 15.4. The van der Waals surface area contributed by atoms with Crippen LogP contribution in [0, 0.1) is 13.8 Å². The number of hydrogen-bond donors (Lipinski definition) is 1. The predicted octanol–water partition coefficient (Wildman–Crippen LogP) is 5.03. The number of nitrogens with zero attached hydrogens (tertiary/aromatic N) is 1. The second kappa shape index (κ2) is 9.75. The van der Waals surface area contributed by atoms with Crippen molar-refractivity contribution in [3.63, 3.8) is 0 Å². The van der Waals surface area contributed by atoms with E-state index in [1.165, 1.54) is 18.7 Å². The third-order valence-electron chi connectivity index (χ3n) is 5.58. The van der Waals surface area contributed by atoms with E-state index in [1.54, 1.807) is 31.3 Å². The summed E-state index contributed by atoms with van der Waals surface area (Å²) in [7, 11) is -2.50. The Labute approximate surface area is 200 Å². The van der Waals surface area contributed by atoms with E-state index < -0.39 is 16.0 Å². The summed E-state index contributed by atoms with van der Waals surface area (Å²) in [4.78, 5) is 16.7. The zero-order chi connectivity index (χ0) is 24.4. The molecule has 0 fully saturated rings. The summed E-state index contributed by atoms with van der Waals surface area (Å²) >= 11 is 1.54. The molecule has 0 aliphatic rings. The minimum atomic E-state index is -3.78. The van der Waals surface area contributed by atoms with Gasteiger partial charge in [-0.15, -0.1) is 11.3 Å². The van der Waals surface area contributed by atoms with E-state index in [0.29, 0.717) is 17.5 Å². The number of esters is 1. The first-order valence-corrected chi connectivity index (χ1v) is 13.0. The molecule has 8 heteroatoms. The molecular weight excluding hydrogens is 456 g/mol. The highest BCUT2D eigenvalue weighted by Gasteiger charge is 2.20. The van der Waals surface area contributed by atoms with E-state index >= 15 is 0 Å². The zero-order valence-corrected chi connectivity index (χ0v) is 21.5.